The lowest BCUT2D eigenvalue weighted by molar-refractivity contribution is 0.399. The average molecular weight is 245 g/mol. The van der Waals surface area contributed by atoms with Crippen LogP contribution in [0.5, 0.6) is 0 Å². The van der Waals surface area contributed by atoms with Crippen LogP contribution in [0.15, 0.2) is 12.4 Å². The monoisotopic (exact) mass is 245 g/mol. The van der Waals surface area contributed by atoms with Crippen molar-refractivity contribution >= 4 is 5.82 Å². The van der Waals surface area contributed by atoms with Gasteiger partial charge < -0.3 is 10.2 Å². The maximum atomic E-state index is 9.07. The van der Waals surface area contributed by atoms with Crippen LogP contribution in [0.4, 0.5) is 5.82 Å². The van der Waals surface area contributed by atoms with E-state index >= 15 is 0 Å². The van der Waals surface area contributed by atoms with Crippen molar-refractivity contribution in [3.8, 4) is 6.07 Å². The number of piperidine rings is 1. The molecule has 1 N–H and O–H groups in total. The Morgan fingerprint density at radius 2 is 2.28 bits per heavy atom. The normalized spacial score (nSPS) is 19.2. The summed E-state index contributed by atoms with van der Waals surface area (Å²) in [5, 5.41) is 12.6. The van der Waals surface area contributed by atoms with Crippen LogP contribution in [0.25, 0.3) is 0 Å². The Hall–Kier alpha value is -1.67. The molecule has 5 heteroatoms. The average Bonchev–Trinajstić information content (AvgIpc) is 2.46. The van der Waals surface area contributed by atoms with Gasteiger partial charge in [0.2, 0.25) is 0 Å². The number of rotatable bonds is 4. The topological polar surface area (TPSA) is 64.8 Å². The lowest BCUT2D eigenvalue weighted by atomic mass is 10.0. The van der Waals surface area contributed by atoms with Gasteiger partial charge in [0.25, 0.3) is 0 Å². The van der Waals surface area contributed by atoms with E-state index in [0.717, 1.165) is 19.6 Å². The zero-order valence-corrected chi connectivity index (χ0v) is 10.8. The Labute approximate surface area is 108 Å². The molecule has 96 valence electrons. The minimum absolute atomic E-state index is 0.412. The van der Waals surface area contributed by atoms with Crippen molar-refractivity contribution in [1.29, 1.82) is 5.26 Å². The summed E-state index contributed by atoms with van der Waals surface area (Å²) in [5.74, 6) is 0.704. The van der Waals surface area contributed by atoms with E-state index in [1.807, 2.05) is 0 Å². The molecule has 0 aliphatic carbocycles. The molecule has 1 aliphatic rings. The molecule has 18 heavy (non-hydrogen) atoms. The Balaban J connectivity index is 2.10. The number of aromatic nitrogens is 2. The molecule has 0 spiro atoms. The van der Waals surface area contributed by atoms with E-state index < -0.39 is 0 Å². The van der Waals surface area contributed by atoms with Crippen LogP contribution in [-0.4, -0.2) is 35.6 Å². The molecule has 2 rings (SSSR count). The van der Waals surface area contributed by atoms with Crippen molar-refractivity contribution in [2.45, 2.75) is 32.2 Å². The van der Waals surface area contributed by atoms with Crippen LogP contribution in [0.3, 0.4) is 0 Å². The number of anilines is 1. The largest absolute Gasteiger partial charge is 0.353 e. The zero-order valence-electron chi connectivity index (χ0n) is 10.8. The third-order valence-electron chi connectivity index (χ3n) is 3.32. The van der Waals surface area contributed by atoms with Gasteiger partial charge in [-0.1, -0.05) is 6.42 Å². The number of hydrogen-bond donors (Lipinski definition) is 1. The molecule has 5 nitrogen and oxygen atoms in total. The molecule has 1 atom stereocenters. The van der Waals surface area contributed by atoms with Crippen LogP contribution in [0.1, 0.15) is 31.9 Å². The predicted molar refractivity (Wildman–Crippen MR) is 70.3 cm³/mol. The van der Waals surface area contributed by atoms with E-state index in [2.05, 4.69) is 33.2 Å². The van der Waals surface area contributed by atoms with Gasteiger partial charge in [0, 0.05) is 31.5 Å². The summed E-state index contributed by atoms with van der Waals surface area (Å²) < 4.78 is 0. The Bertz CT molecular complexity index is 420. The summed E-state index contributed by atoms with van der Waals surface area (Å²) >= 11 is 0. The van der Waals surface area contributed by atoms with E-state index in [-0.39, 0.29) is 0 Å². The summed E-state index contributed by atoms with van der Waals surface area (Å²) in [5.41, 5.74) is 0.412. The summed E-state index contributed by atoms with van der Waals surface area (Å²) in [6, 6.07) is 2.60. The number of likely N-dealkylation sites (N-methyl/N-ethyl adjacent to an activating group) is 1. The lowest BCUT2D eigenvalue weighted by Gasteiger charge is -2.30. The third-order valence-corrected chi connectivity index (χ3v) is 3.32. The van der Waals surface area contributed by atoms with Crippen molar-refractivity contribution in [3.63, 3.8) is 0 Å². The van der Waals surface area contributed by atoms with E-state index in [4.69, 9.17) is 5.26 Å². The van der Waals surface area contributed by atoms with Crippen LogP contribution >= 0.6 is 0 Å². The van der Waals surface area contributed by atoms with Crippen LogP contribution in [0.2, 0.25) is 0 Å². The molecule has 1 aromatic heterocycles. The third kappa shape index (κ3) is 2.96. The highest BCUT2D eigenvalue weighted by Gasteiger charge is 2.19. The van der Waals surface area contributed by atoms with Gasteiger partial charge in [0.05, 0.1) is 0 Å². The molecule has 1 fully saturated rings. The first-order valence-electron chi connectivity index (χ1n) is 6.54. The van der Waals surface area contributed by atoms with Crippen LogP contribution in [-0.2, 0) is 0 Å². The highest BCUT2D eigenvalue weighted by Crippen LogP contribution is 2.16. The first-order chi connectivity index (χ1) is 8.85. The van der Waals surface area contributed by atoms with Crippen molar-refractivity contribution in [3.05, 3.63) is 18.1 Å². The van der Waals surface area contributed by atoms with Gasteiger partial charge in [0.1, 0.15) is 6.07 Å². The minimum atomic E-state index is 0.412. The molecular weight excluding hydrogens is 226 g/mol. The predicted octanol–water partition coefficient (Wildman–Crippen LogP) is 1.32. The second kappa shape index (κ2) is 6.31. The Kier molecular flexibility index (Phi) is 4.48. The van der Waals surface area contributed by atoms with Crippen LogP contribution in [0, 0.1) is 11.3 Å². The molecular formula is C13H19N5. The smallest absolute Gasteiger partial charge is 0.183 e. The molecule has 1 saturated heterocycles. The molecule has 0 amide bonds. The maximum absolute atomic E-state index is 9.07. The van der Waals surface area contributed by atoms with Gasteiger partial charge in [-0.05, 0) is 26.3 Å². The number of nitriles is 1. The van der Waals surface area contributed by atoms with Gasteiger partial charge in [-0.3, -0.25) is 0 Å². The van der Waals surface area contributed by atoms with E-state index in [0.29, 0.717) is 17.6 Å². The quantitative estimate of drug-likeness (QED) is 0.866. The molecule has 1 unspecified atom stereocenters. The van der Waals surface area contributed by atoms with Crippen LogP contribution < -0.4 is 10.2 Å². The van der Waals surface area contributed by atoms with E-state index in [1.54, 1.807) is 12.4 Å². The fourth-order valence-corrected chi connectivity index (χ4v) is 2.35. The van der Waals surface area contributed by atoms with Gasteiger partial charge in [-0.15, -0.1) is 0 Å². The molecule has 1 aliphatic heterocycles. The maximum Gasteiger partial charge on any atom is 0.183 e. The minimum Gasteiger partial charge on any atom is -0.353 e. The Morgan fingerprint density at radius 3 is 2.94 bits per heavy atom. The fourth-order valence-electron chi connectivity index (χ4n) is 2.35. The number of hydrogen-bond acceptors (Lipinski definition) is 5. The van der Waals surface area contributed by atoms with E-state index in [9.17, 15) is 0 Å². The SMILES string of the molecule is CCN(CC1CCCCN1)c1nccnc1C#N. The highest BCUT2D eigenvalue weighted by atomic mass is 15.2. The molecule has 0 saturated carbocycles. The van der Waals surface area contributed by atoms with Gasteiger partial charge in [-0.25, -0.2) is 9.97 Å². The van der Waals surface area contributed by atoms with Crippen molar-refractivity contribution in [2.75, 3.05) is 24.5 Å². The van der Waals surface area contributed by atoms with Gasteiger partial charge in [0.15, 0.2) is 11.5 Å². The highest BCUT2D eigenvalue weighted by molar-refractivity contribution is 5.49. The standard InChI is InChI=1S/C13H19N5/c1-2-18(10-11-5-3-4-6-15-11)13-12(9-14)16-7-8-17-13/h7-8,11,15H,2-6,10H2,1H3. The second-order valence-corrected chi connectivity index (χ2v) is 4.53. The summed E-state index contributed by atoms with van der Waals surface area (Å²) in [6.45, 7) is 4.90. The van der Waals surface area contributed by atoms with Crippen molar-refractivity contribution in [2.24, 2.45) is 0 Å². The zero-order chi connectivity index (χ0) is 12.8. The molecule has 0 bridgehead atoms. The van der Waals surface area contributed by atoms with Crippen molar-refractivity contribution in [1.82, 2.24) is 15.3 Å². The first kappa shape index (κ1) is 12.8. The molecule has 0 radical (unpaired) electrons. The number of nitrogens with zero attached hydrogens (tertiary/aromatic N) is 4. The van der Waals surface area contributed by atoms with Gasteiger partial charge >= 0.3 is 0 Å². The number of nitrogens with one attached hydrogen (secondary N) is 1. The summed E-state index contributed by atoms with van der Waals surface area (Å²) in [7, 11) is 0. The van der Waals surface area contributed by atoms with Gasteiger partial charge in [-0.2, -0.15) is 5.26 Å². The lowest BCUT2D eigenvalue weighted by Crippen LogP contribution is -2.44. The first-order valence-corrected chi connectivity index (χ1v) is 6.54. The second-order valence-electron chi connectivity index (χ2n) is 4.53. The molecule has 1 aromatic rings. The van der Waals surface area contributed by atoms with E-state index in [1.165, 1.54) is 19.3 Å². The molecule has 2 heterocycles. The Morgan fingerprint density at radius 1 is 1.44 bits per heavy atom. The summed E-state index contributed by atoms with van der Waals surface area (Å²) in [4.78, 5) is 10.5. The van der Waals surface area contributed by atoms with Crippen molar-refractivity contribution < 1.29 is 0 Å². The molecule has 0 aromatic carbocycles. The summed E-state index contributed by atoms with van der Waals surface area (Å²) in [6.07, 6.45) is 6.94. The fraction of sp³-hybridized carbons (Fsp3) is 0.615.